The third-order valence-corrected chi connectivity index (χ3v) is 3.61. The lowest BCUT2D eigenvalue weighted by Gasteiger charge is -2.22. The highest BCUT2D eigenvalue weighted by atomic mass is 16.6. The first-order valence-electron chi connectivity index (χ1n) is 6.29. The van der Waals surface area contributed by atoms with Crippen LogP contribution in [-0.2, 0) is 4.74 Å². The lowest BCUT2D eigenvalue weighted by atomic mass is 9.95. The molecule has 1 heterocycles. The number of aliphatic hydroxyl groups is 2. The Bertz CT molecular complexity index is 175. The summed E-state index contributed by atoms with van der Waals surface area (Å²) >= 11 is 0. The molecule has 4 atom stereocenters. The standard InChI is InChI=1S/C6H12O2.C6H10O/c7-5-3-1-2-4-6(5)8;1-2-4-6-5(3-1)7-6/h5-8H,1-4H2;5-6H,1-4H2. The first kappa shape index (κ1) is 11.4. The van der Waals surface area contributed by atoms with Crippen molar-refractivity contribution < 1.29 is 14.9 Å². The van der Waals surface area contributed by atoms with Crippen molar-refractivity contribution in [3.63, 3.8) is 0 Å². The van der Waals surface area contributed by atoms with E-state index in [1.807, 2.05) is 0 Å². The van der Waals surface area contributed by atoms with Crippen LogP contribution >= 0.6 is 0 Å². The Kier molecular flexibility index (Phi) is 4.00. The van der Waals surface area contributed by atoms with E-state index in [0.717, 1.165) is 25.7 Å². The lowest BCUT2D eigenvalue weighted by Crippen LogP contribution is -2.28. The first-order chi connectivity index (χ1) is 7.27. The van der Waals surface area contributed by atoms with Gasteiger partial charge in [0, 0.05) is 0 Å². The van der Waals surface area contributed by atoms with Gasteiger partial charge < -0.3 is 14.9 Å². The van der Waals surface area contributed by atoms with E-state index in [9.17, 15) is 0 Å². The van der Waals surface area contributed by atoms with Crippen molar-refractivity contribution in [1.29, 1.82) is 0 Å². The zero-order chi connectivity index (χ0) is 10.7. The molecule has 0 bridgehead atoms. The SMILES string of the molecule is C1CCC2OC2C1.OC1CCCCC1O. The van der Waals surface area contributed by atoms with Crippen molar-refractivity contribution in [1.82, 2.24) is 0 Å². The molecule has 15 heavy (non-hydrogen) atoms. The number of epoxide rings is 1. The molecule has 0 radical (unpaired) electrons. The van der Waals surface area contributed by atoms with Gasteiger partial charge in [-0.1, -0.05) is 25.7 Å². The molecule has 3 heteroatoms. The van der Waals surface area contributed by atoms with Gasteiger partial charge in [-0.2, -0.15) is 0 Å². The topological polar surface area (TPSA) is 53.0 Å². The predicted octanol–water partition coefficient (Wildman–Crippen LogP) is 1.61. The van der Waals surface area contributed by atoms with Gasteiger partial charge >= 0.3 is 0 Å². The van der Waals surface area contributed by atoms with Gasteiger partial charge in [-0.25, -0.2) is 0 Å². The average Bonchev–Trinajstić information content (AvgIpc) is 3.02. The Morgan fingerprint density at radius 2 is 1.07 bits per heavy atom. The highest BCUT2D eigenvalue weighted by molar-refractivity contribution is 4.87. The Labute approximate surface area is 91.4 Å². The van der Waals surface area contributed by atoms with Crippen LogP contribution in [0.1, 0.15) is 51.4 Å². The summed E-state index contributed by atoms with van der Waals surface area (Å²) in [4.78, 5) is 0. The molecule has 1 aliphatic heterocycles. The summed E-state index contributed by atoms with van der Waals surface area (Å²) in [6, 6.07) is 0. The first-order valence-corrected chi connectivity index (χ1v) is 6.29. The minimum atomic E-state index is -0.441. The number of rotatable bonds is 0. The van der Waals surface area contributed by atoms with Gasteiger partial charge in [0.2, 0.25) is 0 Å². The van der Waals surface area contributed by atoms with E-state index in [0.29, 0.717) is 12.2 Å². The van der Waals surface area contributed by atoms with Gasteiger partial charge in [0.1, 0.15) is 0 Å². The van der Waals surface area contributed by atoms with Crippen molar-refractivity contribution in [3.8, 4) is 0 Å². The minimum Gasteiger partial charge on any atom is -0.390 e. The van der Waals surface area contributed by atoms with Gasteiger partial charge in [0.15, 0.2) is 0 Å². The van der Waals surface area contributed by atoms with Crippen LogP contribution < -0.4 is 0 Å². The van der Waals surface area contributed by atoms with Gasteiger partial charge in [-0.05, 0) is 25.7 Å². The fraction of sp³-hybridized carbons (Fsp3) is 1.00. The normalized spacial score (nSPS) is 43.6. The molecular formula is C12H22O3. The molecule has 0 aromatic carbocycles. The Hall–Kier alpha value is -0.120. The zero-order valence-corrected chi connectivity index (χ0v) is 9.27. The molecule has 1 saturated heterocycles. The molecular weight excluding hydrogens is 192 g/mol. The molecule has 4 unspecified atom stereocenters. The monoisotopic (exact) mass is 214 g/mol. The second-order valence-electron chi connectivity index (χ2n) is 4.92. The fourth-order valence-corrected chi connectivity index (χ4v) is 2.47. The van der Waals surface area contributed by atoms with Gasteiger partial charge in [0.25, 0.3) is 0 Å². The van der Waals surface area contributed by atoms with Gasteiger partial charge in [0.05, 0.1) is 24.4 Å². The summed E-state index contributed by atoms with van der Waals surface area (Å²) in [6.45, 7) is 0. The van der Waals surface area contributed by atoms with Crippen molar-refractivity contribution in [2.24, 2.45) is 0 Å². The molecule has 0 aromatic rings. The maximum Gasteiger partial charge on any atom is 0.0841 e. The number of aliphatic hydroxyl groups excluding tert-OH is 2. The lowest BCUT2D eigenvalue weighted by molar-refractivity contribution is -0.00865. The molecule has 2 N–H and O–H groups in total. The molecule has 2 aliphatic carbocycles. The fourth-order valence-electron chi connectivity index (χ4n) is 2.47. The van der Waals surface area contributed by atoms with Crippen molar-refractivity contribution in [2.75, 3.05) is 0 Å². The Morgan fingerprint density at radius 3 is 1.40 bits per heavy atom. The van der Waals surface area contributed by atoms with Crippen LogP contribution in [0, 0.1) is 0 Å². The second-order valence-corrected chi connectivity index (χ2v) is 4.92. The predicted molar refractivity (Wildman–Crippen MR) is 57.6 cm³/mol. The Balaban J connectivity index is 0.000000114. The minimum absolute atomic E-state index is 0.441. The number of fused-ring (bicyclic) bond motifs is 1. The Morgan fingerprint density at radius 1 is 0.667 bits per heavy atom. The van der Waals surface area contributed by atoms with E-state index < -0.39 is 12.2 Å². The third-order valence-electron chi connectivity index (χ3n) is 3.61. The van der Waals surface area contributed by atoms with Crippen LogP contribution in [0.2, 0.25) is 0 Å². The molecule has 3 nitrogen and oxygen atoms in total. The van der Waals surface area contributed by atoms with Crippen LogP contribution in [0.4, 0.5) is 0 Å². The second kappa shape index (κ2) is 5.28. The van der Waals surface area contributed by atoms with Crippen LogP contribution in [0.25, 0.3) is 0 Å². The average molecular weight is 214 g/mol. The summed E-state index contributed by atoms with van der Waals surface area (Å²) < 4.78 is 5.28. The van der Waals surface area contributed by atoms with Gasteiger partial charge in [-0.15, -0.1) is 0 Å². The molecule has 2 saturated carbocycles. The molecule has 3 fully saturated rings. The summed E-state index contributed by atoms with van der Waals surface area (Å²) in [5.41, 5.74) is 0. The molecule has 3 aliphatic rings. The molecule has 0 spiro atoms. The maximum absolute atomic E-state index is 8.93. The zero-order valence-electron chi connectivity index (χ0n) is 9.27. The number of hydrogen-bond donors (Lipinski definition) is 2. The van der Waals surface area contributed by atoms with Crippen LogP contribution in [0.5, 0.6) is 0 Å². The number of ether oxygens (including phenoxy) is 1. The van der Waals surface area contributed by atoms with E-state index in [1.54, 1.807) is 0 Å². The van der Waals surface area contributed by atoms with Crippen LogP contribution in [0.15, 0.2) is 0 Å². The molecule has 0 aromatic heterocycles. The molecule has 3 rings (SSSR count). The van der Waals surface area contributed by atoms with E-state index in [4.69, 9.17) is 14.9 Å². The van der Waals surface area contributed by atoms with Crippen LogP contribution in [-0.4, -0.2) is 34.6 Å². The highest BCUT2D eigenvalue weighted by Gasteiger charge is 2.39. The van der Waals surface area contributed by atoms with E-state index >= 15 is 0 Å². The highest BCUT2D eigenvalue weighted by Crippen LogP contribution is 2.35. The largest absolute Gasteiger partial charge is 0.390 e. The summed E-state index contributed by atoms with van der Waals surface area (Å²) in [6.07, 6.45) is 9.70. The van der Waals surface area contributed by atoms with Crippen LogP contribution in [0.3, 0.4) is 0 Å². The maximum atomic E-state index is 8.93. The summed E-state index contributed by atoms with van der Waals surface area (Å²) in [7, 11) is 0. The van der Waals surface area contributed by atoms with Gasteiger partial charge in [-0.3, -0.25) is 0 Å². The third kappa shape index (κ3) is 3.44. The number of hydrogen-bond acceptors (Lipinski definition) is 3. The van der Waals surface area contributed by atoms with E-state index in [2.05, 4.69) is 0 Å². The summed E-state index contributed by atoms with van der Waals surface area (Å²) in [5.74, 6) is 0. The smallest absolute Gasteiger partial charge is 0.0841 e. The van der Waals surface area contributed by atoms with E-state index in [1.165, 1.54) is 25.7 Å². The van der Waals surface area contributed by atoms with Crippen molar-refractivity contribution in [3.05, 3.63) is 0 Å². The molecule has 88 valence electrons. The summed E-state index contributed by atoms with van der Waals surface area (Å²) in [5, 5.41) is 17.9. The van der Waals surface area contributed by atoms with Crippen molar-refractivity contribution in [2.45, 2.75) is 75.8 Å². The molecule has 0 amide bonds. The van der Waals surface area contributed by atoms with Crippen molar-refractivity contribution >= 4 is 0 Å². The van der Waals surface area contributed by atoms with E-state index in [-0.39, 0.29) is 0 Å². The quantitative estimate of drug-likeness (QED) is 0.602.